The van der Waals surface area contributed by atoms with E-state index < -0.39 is 0 Å². The molecule has 1 heterocycles. The standard InChI is InChI=1S/C14H18N4OS2/c1-9-6-5-7-11(10(9)2)15-13-16-17-14(21-13)20-8-12(19)18(3)4/h5-7H,8H2,1-4H3,(H,15,16). The minimum Gasteiger partial charge on any atom is -0.348 e. The van der Waals surface area contributed by atoms with Crippen LogP contribution in [0.2, 0.25) is 0 Å². The number of rotatable bonds is 5. The Hall–Kier alpha value is -1.60. The number of aromatic nitrogens is 2. The van der Waals surface area contributed by atoms with Crippen molar-refractivity contribution >= 4 is 39.8 Å². The lowest BCUT2D eigenvalue weighted by molar-refractivity contribution is -0.125. The zero-order chi connectivity index (χ0) is 15.4. The Morgan fingerprint density at radius 1 is 1.33 bits per heavy atom. The van der Waals surface area contributed by atoms with Gasteiger partial charge in [0.25, 0.3) is 0 Å². The maximum absolute atomic E-state index is 11.5. The molecule has 0 aliphatic carbocycles. The molecule has 0 spiro atoms. The van der Waals surface area contributed by atoms with E-state index in [4.69, 9.17) is 0 Å². The topological polar surface area (TPSA) is 58.1 Å². The van der Waals surface area contributed by atoms with Gasteiger partial charge < -0.3 is 10.2 Å². The molecule has 0 radical (unpaired) electrons. The van der Waals surface area contributed by atoms with Gasteiger partial charge in [0.15, 0.2) is 4.34 Å². The molecule has 0 saturated carbocycles. The molecule has 2 rings (SSSR count). The van der Waals surface area contributed by atoms with Gasteiger partial charge in [-0.05, 0) is 31.0 Å². The third kappa shape index (κ3) is 4.18. The summed E-state index contributed by atoms with van der Waals surface area (Å²) in [6.07, 6.45) is 0. The second-order valence-electron chi connectivity index (χ2n) is 4.82. The molecule has 0 fully saturated rings. The Labute approximate surface area is 132 Å². The molecule has 0 unspecified atom stereocenters. The number of hydrogen-bond donors (Lipinski definition) is 1. The van der Waals surface area contributed by atoms with Crippen LogP contribution in [0.5, 0.6) is 0 Å². The van der Waals surface area contributed by atoms with Gasteiger partial charge in [-0.1, -0.05) is 35.2 Å². The molecular weight excluding hydrogens is 304 g/mol. The van der Waals surface area contributed by atoms with Crippen LogP contribution in [0.1, 0.15) is 11.1 Å². The number of amides is 1. The Balaban J connectivity index is 2.00. The Morgan fingerprint density at radius 2 is 2.10 bits per heavy atom. The molecule has 112 valence electrons. The minimum atomic E-state index is 0.0687. The summed E-state index contributed by atoms with van der Waals surface area (Å²) < 4.78 is 0.790. The summed E-state index contributed by atoms with van der Waals surface area (Å²) in [6.45, 7) is 4.15. The Bertz CT molecular complexity index is 640. The van der Waals surface area contributed by atoms with Crippen molar-refractivity contribution in [2.75, 3.05) is 25.2 Å². The first-order chi connectivity index (χ1) is 9.97. The highest BCUT2D eigenvalue weighted by Crippen LogP contribution is 2.29. The van der Waals surface area contributed by atoms with Crippen LogP contribution in [0.4, 0.5) is 10.8 Å². The molecule has 0 aliphatic heterocycles. The van der Waals surface area contributed by atoms with Gasteiger partial charge in [0, 0.05) is 19.8 Å². The summed E-state index contributed by atoms with van der Waals surface area (Å²) in [6, 6.07) is 6.11. The van der Waals surface area contributed by atoms with Gasteiger partial charge >= 0.3 is 0 Å². The third-order valence-corrected chi connectivity index (χ3v) is 5.03. The fourth-order valence-electron chi connectivity index (χ4n) is 1.57. The van der Waals surface area contributed by atoms with Crippen LogP contribution in [-0.4, -0.2) is 40.9 Å². The van der Waals surface area contributed by atoms with Gasteiger partial charge in [-0.15, -0.1) is 10.2 Å². The number of benzene rings is 1. The van der Waals surface area contributed by atoms with Crippen molar-refractivity contribution in [2.45, 2.75) is 18.2 Å². The Morgan fingerprint density at radius 3 is 2.81 bits per heavy atom. The first kappa shape index (κ1) is 15.8. The van der Waals surface area contributed by atoms with Gasteiger partial charge in [0.1, 0.15) is 0 Å². The average Bonchev–Trinajstić information content (AvgIpc) is 2.89. The molecule has 1 N–H and O–H groups in total. The van der Waals surface area contributed by atoms with E-state index in [0.717, 1.165) is 15.2 Å². The molecule has 1 amide bonds. The predicted molar refractivity (Wildman–Crippen MR) is 88.5 cm³/mol. The highest BCUT2D eigenvalue weighted by Gasteiger charge is 2.10. The van der Waals surface area contributed by atoms with Crippen LogP contribution < -0.4 is 5.32 Å². The van der Waals surface area contributed by atoms with Crippen LogP contribution in [0.15, 0.2) is 22.5 Å². The molecular formula is C14H18N4OS2. The smallest absolute Gasteiger partial charge is 0.232 e. The summed E-state index contributed by atoms with van der Waals surface area (Å²) in [5.74, 6) is 0.449. The first-order valence-electron chi connectivity index (χ1n) is 6.47. The summed E-state index contributed by atoms with van der Waals surface area (Å²) in [5.41, 5.74) is 3.47. The van der Waals surface area contributed by atoms with E-state index in [2.05, 4.69) is 35.4 Å². The number of thioether (sulfide) groups is 1. The molecule has 7 heteroatoms. The normalized spacial score (nSPS) is 10.5. The van der Waals surface area contributed by atoms with E-state index >= 15 is 0 Å². The van der Waals surface area contributed by atoms with Crippen molar-refractivity contribution in [3.05, 3.63) is 29.3 Å². The lowest BCUT2D eigenvalue weighted by atomic mass is 10.1. The van der Waals surface area contributed by atoms with Crippen molar-refractivity contribution in [3.8, 4) is 0 Å². The van der Waals surface area contributed by atoms with E-state index in [1.165, 1.54) is 34.2 Å². The SMILES string of the molecule is Cc1cccc(Nc2nnc(SCC(=O)N(C)C)s2)c1C. The fraction of sp³-hybridized carbons (Fsp3) is 0.357. The van der Waals surface area contributed by atoms with E-state index in [0.29, 0.717) is 5.75 Å². The predicted octanol–water partition coefficient (Wildman–Crippen LogP) is 3.08. The molecule has 0 atom stereocenters. The number of nitrogens with one attached hydrogen (secondary N) is 1. The van der Waals surface area contributed by atoms with Crippen molar-refractivity contribution < 1.29 is 4.79 Å². The zero-order valence-electron chi connectivity index (χ0n) is 12.5. The lowest BCUT2D eigenvalue weighted by Gasteiger charge is -2.08. The van der Waals surface area contributed by atoms with Gasteiger partial charge in [-0.2, -0.15) is 0 Å². The van der Waals surface area contributed by atoms with Crippen LogP contribution in [0, 0.1) is 13.8 Å². The largest absolute Gasteiger partial charge is 0.348 e. The van der Waals surface area contributed by atoms with Crippen LogP contribution in [0.3, 0.4) is 0 Å². The summed E-state index contributed by atoms with van der Waals surface area (Å²) >= 11 is 2.86. The van der Waals surface area contributed by atoms with Gasteiger partial charge in [-0.3, -0.25) is 4.79 Å². The van der Waals surface area contributed by atoms with Gasteiger partial charge in [0.2, 0.25) is 11.0 Å². The molecule has 21 heavy (non-hydrogen) atoms. The number of carbonyl (C=O) groups excluding carboxylic acids is 1. The summed E-state index contributed by atoms with van der Waals surface area (Å²) in [4.78, 5) is 13.1. The summed E-state index contributed by atoms with van der Waals surface area (Å²) in [7, 11) is 3.49. The molecule has 0 saturated heterocycles. The molecule has 1 aromatic heterocycles. The van der Waals surface area contributed by atoms with Crippen molar-refractivity contribution in [2.24, 2.45) is 0 Å². The molecule has 1 aromatic carbocycles. The van der Waals surface area contributed by atoms with E-state index in [1.54, 1.807) is 19.0 Å². The monoisotopic (exact) mass is 322 g/mol. The zero-order valence-corrected chi connectivity index (χ0v) is 14.1. The molecule has 2 aromatic rings. The van der Waals surface area contributed by atoms with E-state index in [1.807, 2.05) is 12.1 Å². The van der Waals surface area contributed by atoms with Crippen molar-refractivity contribution in [1.29, 1.82) is 0 Å². The van der Waals surface area contributed by atoms with Crippen LogP contribution >= 0.6 is 23.1 Å². The highest BCUT2D eigenvalue weighted by molar-refractivity contribution is 8.01. The quantitative estimate of drug-likeness (QED) is 0.857. The molecule has 0 bridgehead atoms. The van der Waals surface area contributed by atoms with Crippen LogP contribution in [0.25, 0.3) is 0 Å². The van der Waals surface area contributed by atoms with Crippen molar-refractivity contribution in [3.63, 3.8) is 0 Å². The average molecular weight is 322 g/mol. The fourth-order valence-corrected chi connectivity index (χ4v) is 3.32. The second kappa shape index (κ2) is 6.91. The number of aryl methyl sites for hydroxylation is 1. The van der Waals surface area contributed by atoms with Gasteiger partial charge in [0.05, 0.1) is 5.75 Å². The number of nitrogens with zero attached hydrogens (tertiary/aromatic N) is 3. The highest BCUT2D eigenvalue weighted by atomic mass is 32.2. The maximum Gasteiger partial charge on any atom is 0.232 e. The van der Waals surface area contributed by atoms with Crippen LogP contribution in [-0.2, 0) is 4.79 Å². The van der Waals surface area contributed by atoms with Gasteiger partial charge in [-0.25, -0.2) is 0 Å². The molecule has 0 aliphatic rings. The van der Waals surface area contributed by atoms with E-state index in [-0.39, 0.29) is 5.91 Å². The first-order valence-corrected chi connectivity index (χ1v) is 8.27. The third-order valence-electron chi connectivity index (χ3n) is 3.07. The molecule has 5 nitrogen and oxygen atoms in total. The second-order valence-corrected chi connectivity index (χ2v) is 7.02. The number of anilines is 2. The van der Waals surface area contributed by atoms with Crippen molar-refractivity contribution in [1.82, 2.24) is 15.1 Å². The number of hydrogen-bond acceptors (Lipinski definition) is 6. The lowest BCUT2D eigenvalue weighted by Crippen LogP contribution is -2.23. The maximum atomic E-state index is 11.5. The number of carbonyl (C=O) groups is 1. The minimum absolute atomic E-state index is 0.0687. The van der Waals surface area contributed by atoms with E-state index in [9.17, 15) is 4.79 Å². The summed E-state index contributed by atoms with van der Waals surface area (Å²) in [5, 5.41) is 12.2. The Kier molecular flexibility index (Phi) is 5.19.